The Kier molecular flexibility index (Phi) is 6.36. The molecule has 1 aromatic heterocycles. The number of benzene rings is 1. The minimum atomic E-state index is -0.524. The van der Waals surface area contributed by atoms with E-state index in [-0.39, 0.29) is 23.9 Å². The lowest BCUT2D eigenvalue weighted by Gasteiger charge is -2.17. The molecule has 2 aromatic rings. The SMILES string of the molecule is Cc1ccc(C)c(N=Cc2c(C)c(C#N)c(=O)n(CCCN3CCCC3=O)c2O)c1. The number of carbonyl (C=O) groups excluding carboxylic acids is 1. The highest BCUT2D eigenvalue weighted by atomic mass is 16.3. The molecule has 0 bridgehead atoms. The van der Waals surface area contributed by atoms with E-state index in [9.17, 15) is 20.0 Å². The van der Waals surface area contributed by atoms with E-state index in [0.717, 1.165) is 29.8 Å². The number of hydrogen-bond acceptors (Lipinski definition) is 5. The van der Waals surface area contributed by atoms with Crippen LogP contribution < -0.4 is 5.56 Å². The number of nitrogens with zero attached hydrogens (tertiary/aromatic N) is 4. The summed E-state index contributed by atoms with van der Waals surface area (Å²) in [7, 11) is 0. The normalized spacial score (nSPS) is 13.9. The van der Waals surface area contributed by atoms with Crippen molar-refractivity contribution in [1.29, 1.82) is 5.26 Å². The predicted octanol–water partition coefficient (Wildman–Crippen LogP) is 3.11. The Morgan fingerprint density at radius 2 is 2.00 bits per heavy atom. The van der Waals surface area contributed by atoms with Gasteiger partial charge in [-0.3, -0.25) is 19.1 Å². The van der Waals surface area contributed by atoms with Crippen molar-refractivity contribution in [3.05, 3.63) is 56.4 Å². The van der Waals surface area contributed by atoms with Gasteiger partial charge in [0.15, 0.2) is 0 Å². The largest absolute Gasteiger partial charge is 0.494 e. The number of nitriles is 1. The zero-order chi connectivity index (χ0) is 21.8. The highest BCUT2D eigenvalue weighted by Crippen LogP contribution is 2.24. The third kappa shape index (κ3) is 4.28. The van der Waals surface area contributed by atoms with Crippen LogP contribution in [0.1, 0.15) is 47.1 Å². The molecule has 1 aromatic carbocycles. The van der Waals surface area contributed by atoms with Gasteiger partial charge in [-0.1, -0.05) is 12.1 Å². The fourth-order valence-electron chi connectivity index (χ4n) is 3.69. The molecule has 1 fully saturated rings. The van der Waals surface area contributed by atoms with Crippen molar-refractivity contribution in [1.82, 2.24) is 9.47 Å². The van der Waals surface area contributed by atoms with Crippen LogP contribution in [0.2, 0.25) is 0 Å². The molecule has 0 atom stereocenters. The number of hydrogen-bond donors (Lipinski definition) is 1. The zero-order valence-electron chi connectivity index (χ0n) is 17.6. The second kappa shape index (κ2) is 8.95. The van der Waals surface area contributed by atoms with E-state index < -0.39 is 5.56 Å². The second-order valence-electron chi connectivity index (χ2n) is 7.69. The Bertz CT molecular complexity index is 1110. The first-order valence-electron chi connectivity index (χ1n) is 10.1. The molecule has 156 valence electrons. The number of pyridine rings is 1. The minimum Gasteiger partial charge on any atom is -0.494 e. The average Bonchev–Trinajstić information content (AvgIpc) is 3.12. The Hall–Kier alpha value is -3.40. The monoisotopic (exact) mass is 406 g/mol. The predicted molar refractivity (Wildman–Crippen MR) is 115 cm³/mol. The Morgan fingerprint density at radius 3 is 2.67 bits per heavy atom. The summed E-state index contributed by atoms with van der Waals surface area (Å²) in [5.74, 6) is -0.0900. The van der Waals surface area contributed by atoms with E-state index in [2.05, 4.69) is 4.99 Å². The van der Waals surface area contributed by atoms with Crippen LogP contribution in [-0.4, -0.2) is 39.8 Å². The second-order valence-corrected chi connectivity index (χ2v) is 7.69. The van der Waals surface area contributed by atoms with Crippen LogP contribution in [0.4, 0.5) is 5.69 Å². The van der Waals surface area contributed by atoms with Gasteiger partial charge < -0.3 is 10.0 Å². The van der Waals surface area contributed by atoms with Gasteiger partial charge in [0.25, 0.3) is 5.56 Å². The third-order valence-electron chi connectivity index (χ3n) is 5.52. The Morgan fingerprint density at radius 1 is 1.23 bits per heavy atom. The summed E-state index contributed by atoms with van der Waals surface area (Å²) >= 11 is 0. The topological polar surface area (TPSA) is 98.7 Å². The van der Waals surface area contributed by atoms with Crippen molar-refractivity contribution >= 4 is 17.8 Å². The van der Waals surface area contributed by atoms with E-state index >= 15 is 0 Å². The molecule has 1 N–H and O–H groups in total. The Labute approximate surface area is 175 Å². The van der Waals surface area contributed by atoms with Crippen LogP contribution in [0.5, 0.6) is 5.88 Å². The van der Waals surface area contributed by atoms with Gasteiger partial charge in [-0.15, -0.1) is 0 Å². The van der Waals surface area contributed by atoms with Crippen LogP contribution in [0.25, 0.3) is 0 Å². The lowest BCUT2D eigenvalue weighted by Crippen LogP contribution is -2.29. The summed E-state index contributed by atoms with van der Waals surface area (Å²) < 4.78 is 1.20. The lowest BCUT2D eigenvalue weighted by molar-refractivity contribution is -0.127. The molecule has 0 unspecified atom stereocenters. The smallest absolute Gasteiger partial charge is 0.271 e. The van der Waals surface area contributed by atoms with Crippen molar-refractivity contribution in [3.8, 4) is 11.9 Å². The maximum atomic E-state index is 12.7. The number of rotatable bonds is 6. The van der Waals surface area contributed by atoms with Crippen molar-refractivity contribution in [2.24, 2.45) is 4.99 Å². The molecule has 0 radical (unpaired) electrons. The number of aliphatic imine (C=N–C) groups is 1. The summed E-state index contributed by atoms with van der Waals surface area (Å²) in [6.07, 6.45) is 3.44. The molecule has 1 saturated heterocycles. The van der Waals surface area contributed by atoms with Crippen LogP contribution in [0.3, 0.4) is 0 Å². The first-order chi connectivity index (χ1) is 14.3. The van der Waals surface area contributed by atoms with Gasteiger partial charge in [-0.05, 0) is 56.4 Å². The molecular weight excluding hydrogens is 380 g/mol. The number of aryl methyl sites for hydroxylation is 2. The fourth-order valence-corrected chi connectivity index (χ4v) is 3.69. The van der Waals surface area contributed by atoms with Gasteiger partial charge in [-0.2, -0.15) is 5.26 Å². The molecule has 0 aliphatic carbocycles. The van der Waals surface area contributed by atoms with Crippen molar-refractivity contribution in [2.45, 2.75) is 46.6 Å². The molecule has 1 aliphatic rings. The van der Waals surface area contributed by atoms with E-state index in [1.165, 1.54) is 10.8 Å². The van der Waals surface area contributed by atoms with Gasteiger partial charge in [0.2, 0.25) is 11.8 Å². The lowest BCUT2D eigenvalue weighted by atomic mass is 10.1. The zero-order valence-corrected chi connectivity index (χ0v) is 17.6. The molecule has 1 aliphatic heterocycles. The van der Waals surface area contributed by atoms with Crippen LogP contribution in [0.15, 0.2) is 28.0 Å². The minimum absolute atomic E-state index is 0.00698. The van der Waals surface area contributed by atoms with Crippen LogP contribution in [-0.2, 0) is 11.3 Å². The number of aromatic nitrogens is 1. The van der Waals surface area contributed by atoms with Crippen LogP contribution in [0, 0.1) is 32.1 Å². The van der Waals surface area contributed by atoms with Gasteiger partial charge in [0.05, 0.1) is 11.3 Å². The highest BCUT2D eigenvalue weighted by molar-refractivity contribution is 5.87. The van der Waals surface area contributed by atoms with Gasteiger partial charge in [0, 0.05) is 32.3 Å². The number of aromatic hydroxyl groups is 1. The molecule has 7 nitrogen and oxygen atoms in total. The molecule has 0 spiro atoms. The Balaban J connectivity index is 1.93. The average molecular weight is 406 g/mol. The molecule has 7 heteroatoms. The molecule has 30 heavy (non-hydrogen) atoms. The maximum Gasteiger partial charge on any atom is 0.271 e. The standard InChI is InChI=1S/C23H26N4O3/c1-15-7-8-16(2)20(12-15)25-14-19-17(3)18(13-24)22(29)27(23(19)30)11-5-10-26-9-4-6-21(26)28/h7-8,12,14,30H,4-6,9-11H2,1-3H3. The number of carbonyl (C=O) groups is 1. The fraction of sp³-hybridized carbons (Fsp3) is 0.391. The molecule has 3 rings (SSSR count). The molecular formula is C23H26N4O3. The summed E-state index contributed by atoms with van der Waals surface area (Å²) in [5.41, 5.74) is 3.03. The van der Waals surface area contributed by atoms with Crippen LogP contribution >= 0.6 is 0 Å². The third-order valence-corrected chi connectivity index (χ3v) is 5.52. The summed E-state index contributed by atoms with van der Waals surface area (Å²) in [4.78, 5) is 30.7. The van der Waals surface area contributed by atoms with Gasteiger partial charge in [0.1, 0.15) is 11.6 Å². The summed E-state index contributed by atoms with van der Waals surface area (Å²) in [5, 5.41) is 20.3. The van der Waals surface area contributed by atoms with Gasteiger partial charge >= 0.3 is 0 Å². The quantitative estimate of drug-likeness (QED) is 0.745. The summed E-state index contributed by atoms with van der Waals surface area (Å²) in [6.45, 7) is 7.02. The van der Waals surface area contributed by atoms with E-state index in [0.29, 0.717) is 30.5 Å². The highest BCUT2D eigenvalue weighted by Gasteiger charge is 2.21. The van der Waals surface area contributed by atoms with Gasteiger partial charge in [-0.25, -0.2) is 0 Å². The molecule has 2 heterocycles. The van der Waals surface area contributed by atoms with E-state index in [4.69, 9.17) is 0 Å². The first kappa shape index (κ1) is 21.3. The van der Waals surface area contributed by atoms with Crippen molar-refractivity contribution in [3.63, 3.8) is 0 Å². The maximum absolute atomic E-state index is 12.7. The number of amides is 1. The molecule has 1 amide bonds. The number of likely N-dealkylation sites (tertiary alicyclic amines) is 1. The van der Waals surface area contributed by atoms with E-state index in [1.807, 2.05) is 38.1 Å². The first-order valence-corrected chi connectivity index (χ1v) is 10.1. The summed E-state index contributed by atoms with van der Waals surface area (Å²) in [6, 6.07) is 7.86. The molecule has 0 saturated carbocycles. The van der Waals surface area contributed by atoms with Crippen molar-refractivity contribution in [2.75, 3.05) is 13.1 Å². The van der Waals surface area contributed by atoms with E-state index in [1.54, 1.807) is 11.8 Å². The van der Waals surface area contributed by atoms with Crippen molar-refractivity contribution < 1.29 is 9.90 Å².